The molecule has 2 aromatic rings. The predicted molar refractivity (Wildman–Crippen MR) is 83.6 cm³/mol. The predicted octanol–water partition coefficient (Wildman–Crippen LogP) is 2.96. The highest BCUT2D eigenvalue weighted by molar-refractivity contribution is 7.14. The van der Waals surface area contributed by atoms with Crippen LogP contribution < -0.4 is 5.32 Å². The monoisotopic (exact) mass is 316 g/mol. The lowest BCUT2D eigenvalue weighted by atomic mass is 10.1. The number of carbonyl (C=O) groups excluding carboxylic acids is 1. The van der Waals surface area contributed by atoms with Crippen LogP contribution in [-0.4, -0.2) is 23.6 Å². The van der Waals surface area contributed by atoms with Gasteiger partial charge in [0.05, 0.1) is 18.9 Å². The summed E-state index contributed by atoms with van der Waals surface area (Å²) >= 11 is 1.43. The van der Waals surface area contributed by atoms with Crippen LogP contribution in [0.1, 0.15) is 24.0 Å². The highest BCUT2D eigenvalue weighted by atomic mass is 32.1. The van der Waals surface area contributed by atoms with Gasteiger partial charge in [-0.2, -0.15) is 0 Å². The maximum Gasteiger partial charge on any atom is 0.255 e. The zero-order valence-electron chi connectivity index (χ0n) is 12.0. The fraction of sp³-hybridized carbons (Fsp3) is 0.375. The molecule has 1 fully saturated rings. The van der Waals surface area contributed by atoms with Crippen molar-refractivity contribution >= 4 is 22.4 Å². The van der Waals surface area contributed by atoms with E-state index in [9.17, 15) is 4.79 Å². The molecule has 5 nitrogen and oxygen atoms in total. The fourth-order valence-electron chi connectivity index (χ4n) is 2.77. The van der Waals surface area contributed by atoms with Crippen molar-refractivity contribution in [1.82, 2.24) is 4.98 Å². The van der Waals surface area contributed by atoms with Gasteiger partial charge in [0, 0.05) is 17.6 Å². The summed E-state index contributed by atoms with van der Waals surface area (Å²) in [5.74, 6) is -0.0965. The zero-order valence-corrected chi connectivity index (χ0v) is 12.8. The lowest BCUT2D eigenvalue weighted by molar-refractivity contribution is -0.124. The maximum atomic E-state index is 12.0. The van der Waals surface area contributed by atoms with Crippen LogP contribution in [0.2, 0.25) is 0 Å². The number of carbonyl (C=O) groups is 1. The minimum atomic E-state index is -0.329. The number of ether oxygens (including phenoxy) is 2. The Morgan fingerprint density at radius 2 is 2.23 bits per heavy atom. The number of hydrogen-bond donors (Lipinski definition) is 1. The maximum absolute atomic E-state index is 12.0. The van der Waals surface area contributed by atoms with E-state index in [-0.39, 0.29) is 12.0 Å². The molecule has 0 spiro atoms. The molecule has 22 heavy (non-hydrogen) atoms. The second kappa shape index (κ2) is 5.79. The van der Waals surface area contributed by atoms with Crippen molar-refractivity contribution in [2.45, 2.75) is 32.2 Å². The van der Waals surface area contributed by atoms with Gasteiger partial charge in [-0.15, -0.1) is 11.3 Å². The molecule has 0 saturated carbocycles. The largest absolute Gasteiger partial charge is 0.372 e. The zero-order chi connectivity index (χ0) is 14.9. The van der Waals surface area contributed by atoms with Gasteiger partial charge in [0.25, 0.3) is 5.91 Å². The summed E-state index contributed by atoms with van der Waals surface area (Å²) in [7, 11) is 0. The third-order valence-corrected chi connectivity index (χ3v) is 4.73. The fourth-order valence-corrected chi connectivity index (χ4v) is 3.49. The van der Waals surface area contributed by atoms with Crippen LogP contribution in [0.25, 0.3) is 11.3 Å². The van der Waals surface area contributed by atoms with Crippen LogP contribution in [-0.2, 0) is 27.5 Å². The third kappa shape index (κ3) is 2.65. The third-order valence-electron chi connectivity index (χ3n) is 3.97. The number of nitrogens with one attached hydrogen (secondary N) is 1. The van der Waals surface area contributed by atoms with Crippen LogP contribution in [0, 0.1) is 0 Å². The number of aromatic nitrogens is 1. The Balaban J connectivity index is 1.50. The summed E-state index contributed by atoms with van der Waals surface area (Å²) in [6.07, 6.45) is 1.40. The SMILES string of the molecule is O=C(Nc1nc(-c2ccc3c(c2)COC3)cs1)[C@H]1CCCO1. The molecule has 4 rings (SSSR count). The van der Waals surface area contributed by atoms with Crippen molar-refractivity contribution in [3.8, 4) is 11.3 Å². The first-order chi connectivity index (χ1) is 10.8. The number of benzene rings is 1. The van der Waals surface area contributed by atoms with Crippen molar-refractivity contribution in [2.24, 2.45) is 0 Å². The molecule has 1 saturated heterocycles. The van der Waals surface area contributed by atoms with Crippen LogP contribution in [0.5, 0.6) is 0 Å². The highest BCUT2D eigenvalue weighted by Crippen LogP contribution is 2.29. The van der Waals surface area contributed by atoms with Gasteiger partial charge >= 0.3 is 0 Å². The molecular weight excluding hydrogens is 300 g/mol. The second-order valence-corrected chi connectivity index (χ2v) is 6.36. The molecule has 0 unspecified atom stereocenters. The molecule has 2 aliphatic rings. The van der Waals surface area contributed by atoms with E-state index in [0.717, 1.165) is 24.1 Å². The smallest absolute Gasteiger partial charge is 0.255 e. The molecule has 1 aromatic heterocycles. The number of amides is 1. The summed E-state index contributed by atoms with van der Waals surface area (Å²) < 4.78 is 10.8. The first kappa shape index (κ1) is 13.9. The molecule has 1 aromatic carbocycles. The van der Waals surface area contributed by atoms with Crippen molar-refractivity contribution in [3.63, 3.8) is 0 Å². The topological polar surface area (TPSA) is 60.5 Å². The van der Waals surface area contributed by atoms with E-state index in [1.54, 1.807) is 0 Å². The minimum absolute atomic E-state index is 0.0965. The standard InChI is InChI=1S/C16H16N2O3S/c19-15(14-2-1-5-21-14)18-16-17-13(9-22-16)10-3-4-11-7-20-8-12(11)6-10/h3-4,6,9,14H,1-2,5,7-8H2,(H,17,18,19)/t14-/m1/s1. The number of hydrogen-bond acceptors (Lipinski definition) is 5. The first-order valence-corrected chi connectivity index (χ1v) is 8.25. The van der Waals surface area contributed by atoms with Crippen molar-refractivity contribution in [2.75, 3.05) is 11.9 Å². The Kier molecular flexibility index (Phi) is 3.65. The molecule has 0 bridgehead atoms. The van der Waals surface area contributed by atoms with E-state index in [2.05, 4.69) is 22.4 Å². The Morgan fingerprint density at radius 1 is 1.32 bits per heavy atom. The number of rotatable bonds is 3. The Hall–Kier alpha value is -1.76. The Bertz CT molecular complexity index is 707. The number of nitrogens with zero attached hydrogens (tertiary/aromatic N) is 1. The van der Waals surface area contributed by atoms with E-state index in [0.29, 0.717) is 25.0 Å². The van der Waals surface area contributed by atoms with E-state index in [1.165, 1.54) is 22.5 Å². The van der Waals surface area contributed by atoms with Crippen LogP contribution >= 0.6 is 11.3 Å². The molecule has 3 heterocycles. The lowest BCUT2D eigenvalue weighted by Crippen LogP contribution is -2.26. The highest BCUT2D eigenvalue weighted by Gasteiger charge is 2.24. The summed E-state index contributed by atoms with van der Waals surface area (Å²) in [5, 5.41) is 5.42. The molecule has 2 aliphatic heterocycles. The normalized spacial score (nSPS) is 20.1. The molecule has 0 aliphatic carbocycles. The summed E-state index contributed by atoms with van der Waals surface area (Å²) in [4.78, 5) is 16.5. The quantitative estimate of drug-likeness (QED) is 0.946. The van der Waals surface area contributed by atoms with Gasteiger partial charge in [-0.25, -0.2) is 4.98 Å². The number of thiazole rings is 1. The van der Waals surface area contributed by atoms with Gasteiger partial charge in [0.2, 0.25) is 0 Å². The summed E-state index contributed by atoms with van der Waals surface area (Å²) in [6.45, 7) is 2.02. The average molecular weight is 316 g/mol. The van der Waals surface area contributed by atoms with Gasteiger partial charge in [0.1, 0.15) is 6.10 Å². The molecule has 114 valence electrons. The van der Waals surface area contributed by atoms with Gasteiger partial charge in [0.15, 0.2) is 5.13 Å². The van der Waals surface area contributed by atoms with Crippen molar-refractivity contribution in [3.05, 3.63) is 34.7 Å². The minimum Gasteiger partial charge on any atom is -0.372 e. The molecule has 1 atom stereocenters. The number of fused-ring (bicyclic) bond motifs is 1. The van der Waals surface area contributed by atoms with E-state index in [1.807, 2.05) is 11.4 Å². The summed E-state index contributed by atoms with van der Waals surface area (Å²) in [5.41, 5.74) is 4.39. The van der Waals surface area contributed by atoms with E-state index in [4.69, 9.17) is 9.47 Å². The van der Waals surface area contributed by atoms with Crippen molar-refractivity contribution < 1.29 is 14.3 Å². The lowest BCUT2D eigenvalue weighted by Gasteiger charge is -2.07. The van der Waals surface area contributed by atoms with Crippen LogP contribution in [0.3, 0.4) is 0 Å². The number of anilines is 1. The van der Waals surface area contributed by atoms with Gasteiger partial charge < -0.3 is 9.47 Å². The van der Waals surface area contributed by atoms with Crippen molar-refractivity contribution in [1.29, 1.82) is 0 Å². The molecular formula is C16H16N2O3S. The van der Waals surface area contributed by atoms with Crippen LogP contribution in [0.15, 0.2) is 23.6 Å². The average Bonchev–Trinajstić information content (AvgIpc) is 3.27. The van der Waals surface area contributed by atoms with E-state index < -0.39 is 0 Å². The Morgan fingerprint density at radius 3 is 3.09 bits per heavy atom. The second-order valence-electron chi connectivity index (χ2n) is 5.51. The Labute approximate surface area is 132 Å². The molecule has 1 amide bonds. The molecule has 1 N–H and O–H groups in total. The van der Waals surface area contributed by atoms with Gasteiger partial charge in [-0.3, -0.25) is 10.1 Å². The van der Waals surface area contributed by atoms with Crippen LogP contribution in [0.4, 0.5) is 5.13 Å². The summed E-state index contributed by atoms with van der Waals surface area (Å²) in [6, 6.07) is 6.25. The van der Waals surface area contributed by atoms with E-state index >= 15 is 0 Å². The van der Waals surface area contributed by atoms with Gasteiger partial charge in [-0.05, 0) is 30.0 Å². The first-order valence-electron chi connectivity index (χ1n) is 7.37. The molecule has 0 radical (unpaired) electrons. The van der Waals surface area contributed by atoms with Gasteiger partial charge in [-0.1, -0.05) is 12.1 Å². The molecule has 6 heteroatoms.